The highest BCUT2D eigenvalue weighted by atomic mass is 32.2. The number of ether oxygens (including phenoxy) is 2. The van der Waals surface area contributed by atoms with Crippen molar-refractivity contribution >= 4 is 21.8 Å². The van der Waals surface area contributed by atoms with Crippen LogP contribution in [0.25, 0.3) is 0 Å². The van der Waals surface area contributed by atoms with Gasteiger partial charge in [-0.25, -0.2) is 8.42 Å². The molecule has 0 spiro atoms. The zero-order valence-corrected chi connectivity index (χ0v) is 16.8. The standard InChI is InChI=1S/C18H25N3O6S/c1-4-8-19-17(22)18(23)20-12-16-21(9-5-10-27-16)28(24,25)14-6-7-15(26-3)13(2)11-14/h4,6-7,11,16H,1,5,8-10,12H2,2-3H3,(H,19,22)(H,20,23)/t16-/m0/s1. The van der Waals surface area contributed by atoms with Crippen LogP contribution in [-0.4, -0.2) is 64.1 Å². The molecule has 0 aromatic heterocycles. The summed E-state index contributed by atoms with van der Waals surface area (Å²) in [6.45, 7) is 5.82. The van der Waals surface area contributed by atoms with Crippen molar-refractivity contribution in [3.63, 3.8) is 0 Å². The van der Waals surface area contributed by atoms with Gasteiger partial charge in [-0.05, 0) is 37.1 Å². The zero-order valence-electron chi connectivity index (χ0n) is 15.9. The number of carbonyl (C=O) groups excluding carboxylic acids is 2. The first-order chi connectivity index (χ1) is 13.3. The lowest BCUT2D eigenvalue weighted by atomic mass is 10.2. The summed E-state index contributed by atoms with van der Waals surface area (Å²) in [7, 11) is -2.34. The molecule has 0 aliphatic carbocycles. The van der Waals surface area contributed by atoms with Gasteiger partial charge in [0, 0.05) is 13.1 Å². The zero-order chi connectivity index (χ0) is 20.7. The van der Waals surface area contributed by atoms with E-state index >= 15 is 0 Å². The maximum absolute atomic E-state index is 13.1. The van der Waals surface area contributed by atoms with E-state index in [1.54, 1.807) is 13.0 Å². The number of rotatable bonds is 7. The van der Waals surface area contributed by atoms with E-state index in [-0.39, 0.29) is 24.5 Å². The van der Waals surface area contributed by atoms with E-state index in [0.29, 0.717) is 24.3 Å². The number of methoxy groups -OCH3 is 1. The first-order valence-electron chi connectivity index (χ1n) is 8.76. The summed E-state index contributed by atoms with van der Waals surface area (Å²) in [5, 5.41) is 4.76. The summed E-state index contributed by atoms with van der Waals surface area (Å²) >= 11 is 0. The summed E-state index contributed by atoms with van der Waals surface area (Å²) in [6, 6.07) is 4.59. The van der Waals surface area contributed by atoms with Gasteiger partial charge in [-0.1, -0.05) is 6.08 Å². The van der Waals surface area contributed by atoms with Crippen molar-refractivity contribution in [2.24, 2.45) is 0 Å². The van der Waals surface area contributed by atoms with Gasteiger partial charge in [0.15, 0.2) is 0 Å². The Morgan fingerprint density at radius 2 is 2.07 bits per heavy atom. The Hall–Kier alpha value is -2.43. The van der Waals surface area contributed by atoms with Crippen LogP contribution in [0, 0.1) is 6.92 Å². The second-order valence-corrected chi connectivity index (χ2v) is 8.03. The molecule has 9 nitrogen and oxygen atoms in total. The van der Waals surface area contributed by atoms with E-state index < -0.39 is 28.1 Å². The highest BCUT2D eigenvalue weighted by molar-refractivity contribution is 7.89. The molecule has 1 saturated heterocycles. The van der Waals surface area contributed by atoms with Gasteiger partial charge in [0.25, 0.3) is 0 Å². The third-order valence-corrected chi connectivity index (χ3v) is 6.06. The molecule has 0 bridgehead atoms. The Balaban J connectivity index is 2.13. The first kappa shape index (κ1) is 21.9. The fraction of sp³-hybridized carbons (Fsp3) is 0.444. The molecule has 2 N–H and O–H groups in total. The number of benzene rings is 1. The van der Waals surface area contributed by atoms with Gasteiger partial charge in [-0.3, -0.25) is 9.59 Å². The monoisotopic (exact) mass is 411 g/mol. The highest BCUT2D eigenvalue weighted by Crippen LogP contribution is 2.26. The number of amides is 2. The van der Waals surface area contributed by atoms with Crippen molar-refractivity contribution in [1.29, 1.82) is 0 Å². The summed E-state index contributed by atoms with van der Waals surface area (Å²) < 4.78 is 38.1. The molecule has 154 valence electrons. The second kappa shape index (κ2) is 9.67. The molecule has 1 atom stereocenters. The molecule has 2 rings (SSSR count). The molecular weight excluding hydrogens is 386 g/mol. The van der Waals surface area contributed by atoms with Crippen LogP contribution in [0.2, 0.25) is 0 Å². The molecule has 0 saturated carbocycles. The second-order valence-electron chi connectivity index (χ2n) is 6.13. The van der Waals surface area contributed by atoms with E-state index in [1.165, 1.54) is 29.6 Å². The van der Waals surface area contributed by atoms with Gasteiger partial charge in [0.1, 0.15) is 12.0 Å². The minimum absolute atomic E-state index is 0.108. The Bertz CT molecular complexity index is 840. The van der Waals surface area contributed by atoms with Crippen LogP contribution < -0.4 is 15.4 Å². The smallest absolute Gasteiger partial charge is 0.309 e. The minimum Gasteiger partial charge on any atom is -0.496 e. The van der Waals surface area contributed by atoms with Crippen molar-refractivity contribution in [3.05, 3.63) is 36.4 Å². The lowest BCUT2D eigenvalue weighted by Gasteiger charge is -2.34. The Labute approximate surface area is 164 Å². The SMILES string of the molecule is C=CCNC(=O)C(=O)NC[C@@H]1OCCCN1S(=O)(=O)c1ccc(OC)c(C)c1. The van der Waals surface area contributed by atoms with Crippen LogP contribution in [0.1, 0.15) is 12.0 Å². The number of hydrogen-bond donors (Lipinski definition) is 2. The summed E-state index contributed by atoms with van der Waals surface area (Å²) in [5.74, 6) is -1.10. The van der Waals surface area contributed by atoms with Crippen LogP contribution in [0.15, 0.2) is 35.7 Å². The number of sulfonamides is 1. The van der Waals surface area contributed by atoms with Crippen LogP contribution in [-0.2, 0) is 24.3 Å². The predicted molar refractivity (Wildman–Crippen MR) is 102 cm³/mol. The summed E-state index contributed by atoms with van der Waals surface area (Å²) in [5.41, 5.74) is 0.685. The normalized spacial score (nSPS) is 17.6. The van der Waals surface area contributed by atoms with Crippen molar-refractivity contribution in [2.45, 2.75) is 24.5 Å². The molecule has 0 unspecified atom stereocenters. The minimum atomic E-state index is -3.85. The Morgan fingerprint density at radius 1 is 1.36 bits per heavy atom. The van der Waals surface area contributed by atoms with Crippen LogP contribution >= 0.6 is 0 Å². The molecule has 0 radical (unpaired) electrons. The van der Waals surface area contributed by atoms with Crippen LogP contribution in [0.5, 0.6) is 5.75 Å². The molecule has 28 heavy (non-hydrogen) atoms. The maximum Gasteiger partial charge on any atom is 0.309 e. The molecule has 1 aromatic rings. The average Bonchev–Trinajstić information content (AvgIpc) is 2.70. The summed E-state index contributed by atoms with van der Waals surface area (Å²) in [4.78, 5) is 23.6. The largest absolute Gasteiger partial charge is 0.496 e. The van der Waals surface area contributed by atoms with Crippen LogP contribution in [0.4, 0.5) is 0 Å². The molecule has 1 fully saturated rings. The first-order valence-corrected chi connectivity index (χ1v) is 10.2. The quantitative estimate of drug-likeness (QED) is 0.488. The number of nitrogens with one attached hydrogen (secondary N) is 2. The number of aryl methyl sites for hydroxylation is 1. The Morgan fingerprint density at radius 3 is 2.71 bits per heavy atom. The van der Waals surface area contributed by atoms with Crippen molar-refractivity contribution in [1.82, 2.24) is 14.9 Å². The van der Waals surface area contributed by atoms with E-state index in [0.717, 1.165) is 0 Å². The fourth-order valence-electron chi connectivity index (χ4n) is 2.75. The van der Waals surface area contributed by atoms with Gasteiger partial charge in [0.05, 0.1) is 25.2 Å². The van der Waals surface area contributed by atoms with Gasteiger partial charge in [-0.15, -0.1) is 6.58 Å². The molecule has 1 aromatic carbocycles. The number of nitrogens with zero attached hydrogens (tertiary/aromatic N) is 1. The predicted octanol–water partition coefficient (Wildman–Crippen LogP) is 0.159. The van der Waals surface area contributed by atoms with Gasteiger partial charge < -0.3 is 20.1 Å². The lowest BCUT2D eigenvalue weighted by Crippen LogP contribution is -2.53. The van der Waals surface area contributed by atoms with E-state index in [2.05, 4.69) is 17.2 Å². The van der Waals surface area contributed by atoms with E-state index in [9.17, 15) is 18.0 Å². The van der Waals surface area contributed by atoms with Gasteiger partial charge >= 0.3 is 11.8 Å². The van der Waals surface area contributed by atoms with Crippen LogP contribution in [0.3, 0.4) is 0 Å². The van der Waals surface area contributed by atoms with Crippen molar-refractivity contribution in [3.8, 4) is 5.75 Å². The van der Waals surface area contributed by atoms with Gasteiger partial charge in [0.2, 0.25) is 10.0 Å². The van der Waals surface area contributed by atoms with E-state index in [4.69, 9.17) is 9.47 Å². The topological polar surface area (TPSA) is 114 Å². The van der Waals surface area contributed by atoms with Crippen molar-refractivity contribution in [2.75, 3.05) is 33.4 Å². The molecule has 10 heteroatoms. The van der Waals surface area contributed by atoms with Crippen molar-refractivity contribution < 1.29 is 27.5 Å². The maximum atomic E-state index is 13.1. The molecule has 1 aliphatic rings. The highest BCUT2D eigenvalue weighted by Gasteiger charge is 2.35. The van der Waals surface area contributed by atoms with Gasteiger partial charge in [-0.2, -0.15) is 4.31 Å². The molecule has 1 heterocycles. The van der Waals surface area contributed by atoms with E-state index in [1.807, 2.05) is 0 Å². The summed E-state index contributed by atoms with van der Waals surface area (Å²) in [6.07, 6.45) is 1.07. The number of hydrogen-bond acceptors (Lipinski definition) is 6. The third-order valence-electron chi connectivity index (χ3n) is 4.18. The molecule has 2 amide bonds. The molecule has 1 aliphatic heterocycles. The fourth-order valence-corrected chi connectivity index (χ4v) is 4.41. The Kier molecular flexibility index (Phi) is 7.55. The third kappa shape index (κ3) is 5.09. The lowest BCUT2D eigenvalue weighted by molar-refractivity contribution is -0.140. The molecular formula is C18H25N3O6S. The average molecular weight is 411 g/mol. The number of carbonyl (C=O) groups is 2.